The smallest absolute Gasteiger partial charge is 0.244 e. The normalized spacial score (nSPS) is 29.4. The van der Waals surface area contributed by atoms with Gasteiger partial charge in [-0.25, -0.2) is 0 Å². The van der Waals surface area contributed by atoms with Crippen molar-refractivity contribution in [2.45, 2.75) is 18.8 Å². The topological polar surface area (TPSA) is 66.5 Å². The molecule has 0 aromatic heterocycles. The van der Waals surface area contributed by atoms with Crippen LogP contribution in [-0.2, 0) is 14.4 Å². The van der Waals surface area contributed by atoms with Gasteiger partial charge in [0.05, 0.1) is 22.5 Å². The molecule has 2 aliphatic carbocycles. The van der Waals surface area contributed by atoms with Crippen LogP contribution in [0.15, 0.2) is 48.5 Å². The fourth-order valence-corrected chi connectivity index (χ4v) is 6.14. The number of imide groups is 1. The van der Waals surface area contributed by atoms with E-state index in [0.717, 1.165) is 17.7 Å². The van der Waals surface area contributed by atoms with Crippen LogP contribution in [-0.4, -0.2) is 29.2 Å². The number of anilines is 1. The number of halogens is 2. The number of hydrogen-bond acceptors (Lipinski definition) is 3. The Balaban J connectivity index is 1.31. The molecule has 3 fully saturated rings. The third kappa shape index (κ3) is 3.12. The maximum absolute atomic E-state index is 13.1. The van der Waals surface area contributed by atoms with Crippen LogP contribution in [0.25, 0.3) is 0 Å². The Kier molecular flexibility index (Phi) is 4.83. The van der Waals surface area contributed by atoms with Gasteiger partial charge in [-0.2, -0.15) is 0 Å². The summed E-state index contributed by atoms with van der Waals surface area (Å²) in [5, 5.41) is 3.43. The van der Waals surface area contributed by atoms with Crippen LogP contribution in [0.5, 0.6) is 0 Å². The second-order valence-electron chi connectivity index (χ2n) is 8.40. The monoisotopic (exact) mass is 442 g/mol. The van der Waals surface area contributed by atoms with E-state index in [2.05, 4.69) is 17.4 Å². The van der Waals surface area contributed by atoms with Crippen molar-refractivity contribution in [2.24, 2.45) is 23.7 Å². The van der Waals surface area contributed by atoms with Gasteiger partial charge in [0.15, 0.2) is 0 Å². The Morgan fingerprint density at radius 2 is 1.73 bits per heavy atom. The van der Waals surface area contributed by atoms with E-state index in [1.54, 1.807) is 12.1 Å². The van der Waals surface area contributed by atoms with E-state index in [9.17, 15) is 14.4 Å². The first kappa shape index (κ1) is 19.6. The van der Waals surface area contributed by atoms with E-state index in [-0.39, 0.29) is 42.0 Å². The average molecular weight is 443 g/mol. The summed E-state index contributed by atoms with van der Waals surface area (Å²) in [6, 6.07) is 14.9. The largest absolute Gasteiger partial charge is 0.323 e. The zero-order chi connectivity index (χ0) is 21.0. The summed E-state index contributed by atoms with van der Waals surface area (Å²) in [7, 11) is 0. The van der Waals surface area contributed by atoms with Crippen LogP contribution in [0.4, 0.5) is 5.69 Å². The van der Waals surface area contributed by atoms with Crippen LogP contribution < -0.4 is 5.32 Å². The van der Waals surface area contributed by atoms with E-state index in [4.69, 9.17) is 23.2 Å². The molecule has 1 N–H and O–H groups in total. The van der Waals surface area contributed by atoms with Crippen LogP contribution in [0, 0.1) is 23.7 Å². The molecule has 2 aromatic rings. The highest BCUT2D eigenvalue weighted by Crippen LogP contribution is 2.61. The van der Waals surface area contributed by atoms with Crippen molar-refractivity contribution in [2.75, 3.05) is 11.9 Å². The molecule has 5 atom stereocenters. The summed E-state index contributed by atoms with van der Waals surface area (Å²) in [6.07, 6.45) is 1.84. The van der Waals surface area contributed by atoms with E-state index in [0.29, 0.717) is 21.7 Å². The van der Waals surface area contributed by atoms with E-state index in [1.165, 1.54) is 11.6 Å². The molecule has 154 valence electrons. The molecule has 1 aliphatic heterocycles. The molecule has 5 rings (SSSR count). The maximum atomic E-state index is 13.1. The Morgan fingerprint density at radius 1 is 1.00 bits per heavy atom. The van der Waals surface area contributed by atoms with Crippen LogP contribution in [0.1, 0.15) is 24.3 Å². The molecule has 5 nitrogen and oxygen atoms in total. The molecule has 5 unspecified atom stereocenters. The summed E-state index contributed by atoms with van der Waals surface area (Å²) >= 11 is 12.0. The van der Waals surface area contributed by atoms with Gasteiger partial charge in [-0.3, -0.25) is 19.3 Å². The number of hydrogen-bond donors (Lipinski definition) is 1. The van der Waals surface area contributed by atoms with E-state index in [1.807, 2.05) is 18.2 Å². The SMILES string of the molecule is O=C(CN1C(=O)C2C3CC(c4ccccc4)C(C3)C2C1=O)Nc1ccc(Cl)cc1Cl. The fraction of sp³-hybridized carbons (Fsp3) is 0.348. The third-order valence-corrected chi connectivity index (χ3v) is 7.39. The minimum Gasteiger partial charge on any atom is -0.323 e. The van der Waals surface area contributed by atoms with E-state index >= 15 is 0 Å². The van der Waals surface area contributed by atoms with Crippen molar-refractivity contribution >= 4 is 46.6 Å². The summed E-state index contributed by atoms with van der Waals surface area (Å²) in [5.74, 6) is -0.790. The molecule has 1 saturated heterocycles. The van der Waals surface area contributed by atoms with Crippen molar-refractivity contribution in [3.8, 4) is 0 Å². The Hall–Kier alpha value is -2.37. The standard InChI is InChI=1S/C23H20Cl2N2O3/c24-14-6-7-18(17(25)10-14)26-19(28)11-27-22(29)20-13-8-15(12-4-2-1-3-5-12)16(9-13)21(20)23(27)30/h1-7,10,13,15-16,20-21H,8-9,11H2,(H,26,28). The summed E-state index contributed by atoms with van der Waals surface area (Å²) in [4.78, 5) is 39.8. The van der Waals surface area contributed by atoms with Gasteiger partial charge in [0.25, 0.3) is 0 Å². The number of carbonyl (C=O) groups is 3. The molecule has 2 bridgehead atoms. The molecule has 0 spiro atoms. The number of fused-ring (bicyclic) bond motifs is 5. The van der Waals surface area contributed by atoms with Crippen molar-refractivity contribution in [3.63, 3.8) is 0 Å². The van der Waals surface area contributed by atoms with Crippen molar-refractivity contribution in [3.05, 3.63) is 64.1 Å². The quantitative estimate of drug-likeness (QED) is 0.715. The van der Waals surface area contributed by atoms with Crippen LogP contribution in [0.3, 0.4) is 0 Å². The first-order valence-corrected chi connectivity index (χ1v) is 10.8. The summed E-state index contributed by atoms with van der Waals surface area (Å²) < 4.78 is 0. The molecule has 2 aromatic carbocycles. The molecule has 7 heteroatoms. The number of amides is 3. The maximum Gasteiger partial charge on any atom is 0.244 e. The summed E-state index contributed by atoms with van der Waals surface area (Å²) in [5.41, 5.74) is 1.63. The molecule has 30 heavy (non-hydrogen) atoms. The van der Waals surface area contributed by atoms with Gasteiger partial charge >= 0.3 is 0 Å². The number of nitrogens with one attached hydrogen (secondary N) is 1. The second kappa shape index (κ2) is 7.40. The molecule has 2 saturated carbocycles. The van der Waals surface area contributed by atoms with Crippen molar-refractivity contribution < 1.29 is 14.4 Å². The van der Waals surface area contributed by atoms with Gasteiger partial charge in [0.2, 0.25) is 17.7 Å². The molecule has 0 radical (unpaired) electrons. The fourth-order valence-electron chi connectivity index (χ4n) is 5.68. The summed E-state index contributed by atoms with van der Waals surface area (Å²) in [6.45, 7) is -0.293. The zero-order valence-electron chi connectivity index (χ0n) is 16.1. The number of carbonyl (C=O) groups excluding carboxylic acids is 3. The second-order valence-corrected chi connectivity index (χ2v) is 9.24. The highest BCUT2D eigenvalue weighted by Gasteiger charge is 2.63. The minimum absolute atomic E-state index is 0.164. The Morgan fingerprint density at radius 3 is 2.47 bits per heavy atom. The number of benzene rings is 2. The zero-order valence-corrected chi connectivity index (χ0v) is 17.6. The minimum atomic E-state index is -0.451. The number of nitrogens with zero attached hydrogens (tertiary/aromatic N) is 1. The lowest BCUT2D eigenvalue weighted by Crippen LogP contribution is -2.39. The molecule has 3 amide bonds. The third-order valence-electron chi connectivity index (χ3n) is 6.84. The van der Waals surface area contributed by atoms with Gasteiger partial charge in [-0.05, 0) is 54.4 Å². The first-order chi connectivity index (χ1) is 14.4. The Labute approximate surface area is 184 Å². The predicted octanol–water partition coefficient (Wildman–Crippen LogP) is 4.36. The number of rotatable bonds is 4. The highest BCUT2D eigenvalue weighted by atomic mass is 35.5. The lowest BCUT2D eigenvalue weighted by Gasteiger charge is -2.28. The van der Waals surface area contributed by atoms with Crippen molar-refractivity contribution in [1.82, 2.24) is 4.90 Å². The molecule has 1 heterocycles. The Bertz CT molecular complexity index is 1040. The molecular weight excluding hydrogens is 423 g/mol. The van der Waals surface area contributed by atoms with Crippen molar-refractivity contribution in [1.29, 1.82) is 0 Å². The van der Waals surface area contributed by atoms with Gasteiger partial charge in [-0.15, -0.1) is 0 Å². The van der Waals surface area contributed by atoms with Crippen LogP contribution in [0.2, 0.25) is 10.0 Å². The molecular formula is C23H20Cl2N2O3. The van der Waals surface area contributed by atoms with Crippen LogP contribution >= 0.6 is 23.2 Å². The lowest BCUT2D eigenvalue weighted by atomic mass is 9.73. The van der Waals surface area contributed by atoms with Gasteiger partial charge in [0.1, 0.15) is 6.54 Å². The van der Waals surface area contributed by atoms with E-state index < -0.39 is 5.91 Å². The first-order valence-electron chi connectivity index (χ1n) is 10.1. The van der Waals surface area contributed by atoms with Gasteiger partial charge < -0.3 is 5.32 Å². The average Bonchev–Trinajstić information content (AvgIpc) is 3.39. The predicted molar refractivity (Wildman–Crippen MR) is 114 cm³/mol. The highest BCUT2D eigenvalue weighted by molar-refractivity contribution is 6.36. The van der Waals surface area contributed by atoms with Gasteiger partial charge in [-0.1, -0.05) is 53.5 Å². The number of likely N-dealkylation sites (tertiary alicyclic amines) is 1. The van der Waals surface area contributed by atoms with Gasteiger partial charge in [0, 0.05) is 5.02 Å². The lowest BCUT2D eigenvalue weighted by molar-refractivity contribution is -0.143. The molecule has 3 aliphatic rings.